The molecule has 0 aliphatic rings. The molecule has 0 unspecified atom stereocenters. The van der Waals surface area contributed by atoms with Gasteiger partial charge in [-0.25, -0.2) is 8.98 Å². The van der Waals surface area contributed by atoms with Gasteiger partial charge in [-0.15, -0.1) is 0 Å². The molecule has 8 heteroatoms. The van der Waals surface area contributed by atoms with Gasteiger partial charge in [-0.3, -0.25) is 0 Å². The highest BCUT2D eigenvalue weighted by atomic mass is 19.4. The molecule has 0 radical (unpaired) electrons. The van der Waals surface area contributed by atoms with Gasteiger partial charge in [0.1, 0.15) is 7.05 Å². The lowest BCUT2D eigenvalue weighted by atomic mass is 10.0. The van der Waals surface area contributed by atoms with Crippen molar-refractivity contribution in [1.29, 1.82) is 0 Å². The number of hydrogen-bond donors (Lipinski definition) is 0. The van der Waals surface area contributed by atoms with Crippen molar-refractivity contribution in [1.82, 2.24) is 0 Å². The van der Waals surface area contributed by atoms with Crippen LogP contribution in [0.4, 0.5) is 26.3 Å². The molecule has 33 heavy (non-hydrogen) atoms. The van der Waals surface area contributed by atoms with Gasteiger partial charge < -0.3 is 0 Å². The Bertz CT molecular complexity index is 1180. The first-order valence-electron chi connectivity index (χ1n) is 9.80. The fourth-order valence-corrected chi connectivity index (χ4v) is 3.29. The predicted octanol–water partition coefficient (Wildman–Crippen LogP) is 7.42. The second-order valence-corrected chi connectivity index (χ2v) is 7.48. The van der Waals surface area contributed by atoms with Crippen molar-refractivity contribution < 1.29 is 35.3 Å². The molecule has 2 heterocycles. The van der Waals surface area contributed by atoms with Crippen molar-refractivity contribution in [3.05, 3.63) is 96.3 Å². The Hall–Kier alpha value is -3.68. The first kappa shape index (κ1) is 22.5. The molecule has 4 aromatic rings. The minimum absolute atomic E-state index is 0.282. The number of alkyl halides is 6. The third-order valence-corrected chi connectivity index (χ3v) is 5.10. The summed E-state index contributed by atoms with van der Waals surface area (Å²) in [6.07, 6.45) is -5.28. The lowest BCUT2D eigenvalue weighted by Crippen LogP contribution is -2.25. The Balaban J connectivity index is 1.83. The van der Waals surface area contributed by atoms with Crippen molar-refractivity contribution in [2.75, 3.05) is 0 Å². The van der Waals surface area contributed by atoms with Crippen molar-refractivity contribution in [3.8, 4) is 33.8 Å². The topological polar surface area (TPSA) is 15.2 Å². The van der Waals surface area contributed by atoms with Crippen LogP contribution in [0.2, 0.25) is 0 Å². The van der Waals surface area contributed by atoms with Gasteiger partial charge in [0.25, 0.3) is 0 Å². The molecule has 168 valence electrons. The van der Waals surface area contributed by atoms with E-state index in [1.54, 1.807) is 12.1 Å². The van der Waals surface area contributed by atoms with Gasteiger partial charge in [-0.05, 0) is 54.1 Å². The maximum Gasteiger partial charge on any atom is 0.416 e. The molecule has 4 rings (SSSR count). The molecule has 0 aliphatic carbocycles. The van der Waals surface area contributed by atoms with Gasteiger partial charge in [-0.2, -0.15) is 26.3 Å². The van der Waals surface area contributed by atoms with Gasteiger partial charge in [0.15, 0.2) is 12.4 Å². The maximum absolute atomic E-state index is 12.9. The minimum Gasteiger partial charge on any atom is -0.208 e. The molecule has 0 bridgehead atoms. The summed E-state index contributed by atoms with van der Waals surface area (Å²) in [7, 11) is 1.85. The number of nitrogens with zero attached hydrogens (tertiary/aromatic N) is 1. The van der Waals surface area contributed by atoms with Gasteiger partial charge in [0, 0.05) is 17.7 Å². The third kappa shape index (κ3) is 5.05. The molecule has 2 aromatic carbocycles. The molecule has 0 saturated heterocycles. The molecule has 2 nitrogen and oxygen atoms in total. The van der Waals surface area contributed by atoms with E-state index in [0.717, 1.165) is 29.8 Å². The lowest BCUT2D eigenvalue weighted by molar-refractivity contribution is -0.671. The van der Waals surface area contributed by atoms with Gasteiger partial charge in [0.05, 0.1) is 34.4 Å². The van der Waals surface area contributed by atoms with Crippen LogP contribution in [0, 0.1) is 0 Å². The third-order valence-electron chi connectivity index (χ3n) is 5.10. The van der Waals surface area contributed by atoms with Gasteiger partial charge in [-0.1, -0.05) is 0 Å². The summed E-state index contributed by atoms with van der Waals surface area (Å²) in [6.45, 7) is 0. The Morgan fingerprint density at radius 1 is 0.545 bits per heavy atom. The van der Waals surface area contributed by atoms with Crippen LogP contribution in [0.3, 0.4) is 0 Å². The van der Waals surface area contributed by atoms with E-state index in [4.69, 9.17) is 4.42 Å². The molecule has 0 saturated carbocycles. The highest BCUT2D eigenvalue weighted by Crippen LogP contribution is 2.36. The largest absolute Gasteiger partial charge is 0.416 e. The second kappa shape index (κ2) is 8.35. The molecule has 0 aliphatic heterocycles. The smallest absolute Gasteiger partial charge is 0.208 e. The van der Waals surface area contributed by atoms with Crippen molar-refractivity contribution >= 4 is 0 Å². The highest BCUT2D eigenvalue weighted by molar-refractivity contribution is 5.74. The summed E-state index contributed by atoms with van der Waals surface area (Å²) in [5.74, 6) is 0.564. The number of halogens is 6. The van der Waals surface area contributed by atoms with Gasteiger partial charge >= 0.3 is 23.9 Å². The number of aryl methyl sites for hydroxylation is 1. The number of hydrogen-bond acceptors (Lipinski definition) is 0. The van der Waals surface area contributed by atoms with E-state index < -0.39 is 23.5 Å². The van der Waals surface area contributed by atoms with Crippen LogP contribution in [-0.2, 0) is 19.4 Å². The molecule has 0 fully saturated rings. The maximum atomic E-state index is 12.9. The van der Waals surface area contributed by atoms with Crippen LogP contribution in [0.25, 0.3) is 33.8 Å². The first-order valence-corrected chi connectivity index (χ1v) is 9.80. The van der Waals surface area contributed by atoms with Crippen LogP contribution in [0.1, 0.15) is 11.1 Å². The summed E-state index contributed by atoms with van der Waals surface area (Å²) in [5, 5.41) is 0. The van der Waals surface area contributed by atoms with Crippen molar-refractivity contribution in [2.45, 2.75) is 12.4 Å². The summed E-state index contributed by atoms with van der Waals surface area (Å²) in [6, 6.07) is 16.1. The monoisotopic (exact) mass is 461 g/mol. The zero-order valence-electron chi connectivity index (χ0n) is 17.2. The Morgan fingerprint density at radius 3 is 1.30 bits per heavy atom. The van der Waals surface area contributed by atoms with E-state index >= 15 is 0 Å². The Morgan fingerprint density at radius 2 is 0.939 bits per heavy atom. The molecular weight excluding hydrogens is 444 g/mol. The normalized spacial score (nSPS) is 12.1. The average Bonchev–Trinajstić information content (AvgIpc) is 2.78. The second-order valence-electron chi connectivity index (χ2n) is 7.48. The summed E-state index contributed by atoms with van der Waals surface area (Å²) < 4.78 is 85.4. The van der Waals surface area contributed by atoms with Crippen LogP contribution in [0.5, 0.6) is 0 Å². The summed E-state index contributed by atoms with van der Waals surface area (Å²) in [4.78, 5) is 0. The van der Waals surface area contributed by atoms with E-state index in [-0.39, 0.29) is 11.5 Å². The minimum atomic E-state index is -4.47. The van der Waals surface area contributed by atoms with Crippen LogP contribution in [0.15, 0.2) is 89.6 Å². The van der Waals surface area contributed by atoms with E-state index in [2.05, 4.69) is 0 Å². The predicted molar refractivity (Wildman–Crippen MR) is 111 cm³/mol. The first-order chi connectivity index (χ1) is 15.5. The Labute approximate surface area is 185 Å². The quantitative estimate of drug-likeness (QED) is 0.176. The zero-order chi connectivity index (χ0) is 23.8. The molecule has 0 N–H and O–H groups in total. The van der Waals surface area contributed by atoms with Crippen molar-refractivity contribution in [2.24, 2.45) is 7.05 Å². The lowest BCUT2D eigenvalue weighted by Gasteiger charge is -2.07. The molecule has 0 spiro atoms. The molecule has 0 amide bonds. The molecular formula is C25H17F6NO+2. The summed E-state index contributed by atoms with van der Waals surface area (Å²) >= 11 is 0. The zero-order valence-corrected chi connectivity index (χ0v) is 17.2. The molecule has 2 aromatic heterocycles. The van der Waals surface area contributed by atoms with Crippen LogP contribution in [-0.4, -0.2) is 0 Å². The van der Waals surface area contributed by atoms with E-state index in [1.165, 1.54) is 24.3 Å². The number of aromatic nitrogens is 1. The number of rotatable bonds is 3. The van der Waals surface area contributed by atoms with Crippen LogP contribution < -0.4 is 4.57 Å². The van der Waals surface area contributed by atoms with Crippen molar-refractivity contribution in [3.63, 3.8) is 0 Å². The highest BCUT2D eigenvalue weighted by Gasteiger charge is 2.32. The SMILES string of the molecule is C[n+]1ccc(-c2cc(-c3ccc(C(F)(F)F)cc3)[o+]c(-c3ccc(C(F)(F)F)cc3)c2)cc1. The average molecular weight is 461 g/mol. The Kier molecular flexibility index (Phi) is 5.69. The van der Waals surface area contributed by atoms with Gasteiger partial charge in [0.2, 0.25) is 0 Å². The fourth-order valence-electron chi connectivity index (χ4n) is 3.29. The fraction of sp³-hybridized carbons (Fsp3) is 0.120. The number of benzene rings is 2. The van der Waals surface area contributed by atoms with E-state index in [0.29, 0.717) is 16.7 Å². The van der Waals surface area contributed by atoms with E-state index in [9.17, 15) is 26.3 Å². The summed E-state index contributed by atoms with van der Waals surface area (Å²) in [5.41, 5.74) is 0.734. The number of pyridine rings is 1. The van der Waals surface area contributed by atoms with Crippen LogP contribution >= 0.6 is 0 Å². The standard InChI is InChI=1S/C25H17F6NO/c1-32-12-10-16(11-13-32)19-14-22(17-2-6-20(7-3-17)24(26,27)28)33-23(15-19)18-4-8-21(9-5-18)25(29,30)31/h2-15H,1H3/q+2. The van der Waals surface area contributed by atoms with E-state index in [1.807, 2.05) is 36.1 Å². The molecule has 0 atom stereocenters.